The SMILES string of the molecule is CCCC(CC(=O)O)NC(=O)N(CC)CC1CCC1. The van der Waals surface area contributed by atoms with E-state index < -0.39 is 5.97 Å². The summed E-state index contributed by atoms with van der Waals surface area (Å²) in [6.45, 7) is 5.43. The molecule has 0 aliphatic heterocycles. The van der Waals surface area contributed by atoms with Crippen molar-refractivity contribution in [3.05, 3.63) is 0 Å². The predicted octanol–water partition coefficient (Wildman–Crippen LogP) is 2.46. The molecule has 5 nitrogen and oxygen atoms in total. The first-order chi connectivity index (χ1) is 9.06. The minimum Gasteiger partial charge on any atom is -0.481 e. The average molecular weight is 270 g/mol. The predicted molar refractivity (Wildman–Crippen MR) is 74.1 cm³/mol. The molecule has 0 saturated heterocycles. The standard InChI is InChI=1S/C14H26N2O3/c1-3-6-12(9-13(17)18)15-14(19)16(4-2)10-11-7-5-8-11/h11-12H,3-10H2,1-2H3,(H,15,19)(H,17,18). The van der Waals surface area contributed by atoms with Crippen LogP contribution in [0.5, 0.6) is 0 Å². The summed E-state index contributed by atoms with van der Waals surface area (Å²) in [5, 5.41) is 11.7. The number of urea groups is 1. The van der Waals surface area contributed by atoms with E-state index in [1.807, 2.05) is 13.8 Å². The molecule has 0 bridgehead atoms. The molecule has 1 fully saturated rings. The van der Waals surface area contributed by atoms with E-state index in [2.05, 4.69) is 5.32 Å². The molecular formula is C14H26N2O3. The highest BCUT2D eigenvalue weighted by atomic mass is 16.4. The molecule has 0 aromatic rings. The highest BCUT2D eigenvalue weighted by Crippen LogP contribution is 2.27. The maximum absolute atomic E-state index is 12.1. The highest BCUT2D eigenvalue weighted by Gasteiger charge is 2.24. The molecule has 0 spiro atoms. The molecule has 110 valence electrons. The fourth-order valence-corrected chi connectivity index (χ4v) is 2.39. The van der Waals surface area contributed by atoms with Gasteiger partial charge in [0.05, 0.1) is 6.42 Å². The number of carboxylic acid groups (broad SMARTS) is 1. The number of hydrogen-bond donors (Lipinski definition) is 2. The topological polar surface area (TPSA) is 69.6 Å². The van der Waals surface area contributed by atoms with Gasteiger partial charge in [-0.25, -0.2) is 4.79 Å². The number of carboxylic acids is 1. The molecule has 1 aliphatic rings. The Morgan fingerprint density at radius 3 is 2.47 bits per heavy atom. The number of rotatable bonds is 8. The maximum atomic E-state index is 12.1. The number of carbonyl (C=O) groups excluding carboxylic acids is 1. The van der Waals surface area contributed by atoms with Gasteiger partial charge in [-0.1, -0.05) is 19.8 Å². The molecule has 1 unspecified atom stereocenters. The zero-order chi connectivity index (χ0) is 14.3. The van der Waals surface area contributed by atoms with Crippen molar-refractivity contribution in [2.24, 2.45) is 5.92 Å². The molecule has 1 atom stereocenters. The van der Waals surface area contributed by atoms with Crippen molar-refractivity contribution in [1.82, 2.24) is 10.2 Å². The van der Waals surface area contributed by atoms with Crippen LogP contribution in [0, 0.1) is 5.92 Å². The zero-order valence-electron chi connectivity index (χ0n) is 12.0. The first-order valence-corrected chi connectivity index (χ1v) is 7.34. The smallest absolute Gasteiger partial charge is 0.317 e. The Morgan fingerprint density at radius 1 is 1.37 bits per heavy atom. The summed E-state index contributed by atoms with van der Waals surface area (Å²) >= 11 is 0. The van der Waals surface area contributed by atoms with Crippen molar-refractivity contribution in [3.63, 3.8) is 0 Å². The van der Waals surface area contributed by atoms with Crippen LogP contribution in [-0.2, 0) is 4.79 Å². The Bertz CT molecular complexity index is 303. The van der Waals surface area contributed by atoms with Crippen molar-refractivity contribution < 1.29 is 14.7 Å². The molecule has 1 rings (SSSR count). The van der Waals surface area contributed by atoms with Crippen LogP contribution < -0.4 is 5.32 Å². The van der Waals surface area contributed by atoms with Crippen LogP contribution in [0.15, 0.2) is 0 Å². The molecule has 19 heavy (non-hydrogen) atoms. The second-order valence-corrected chi connectivity index (χ2v) is 5.37. The van der Waals surface area contributed by atoms with Crippen LogP contribution in [0.1, 0.15) is 52.4 Å². The minimum absolute atomic E-state index is 0.000558. The first kappa shape index (κ1) is 15.8. The van der Waals surface area contributed by atoms with Gasteiger partial charge >= 0.3 is 12.0 Å². The van der Waals surface area contributed by atoms with Crippen molar-refractivity contribution in [1.29, 1.82) is 0 Å². The van der Waals surface area contributed by atoms with Gasteiger partial charge in [0, 0.05) is 19.1 Å². The van der Waals surface area contributed by atoms with Crippen LogP contribution in [-0.4, -0.2) is 41.1 Å². The largest absolute Gasteiger partial charge is 0.481 e. The molecule has 1 aliphatic carbocycles. The third-order valence-electron chi connectivity index (χ3n) is 3.76. The van der Waals surface area contributed by atoms with Crippen LogP contribution in [0.25, 0.3) is 0 Å². The quantitative estimate of drug-likeness (QED) is 0.712. The van der Waals surface area contributed by atoms with Gasteiger partial charge in [-0.15, -0.1) is 0 Å². The number of nitrogens with zero attached hydrogens (tertiary/aromatic N) is 1. The summed E-state index contributed by atoms with van der Waals surface area (Å²) in [5.74, 6) is -0.226. The average Bonchev–Trinajstić information content (AvgIpc) is 2.27. The Balaban J connectivity index is 2.44. The van der Waals surface area contributed by atoms with Crippen molar-refractivity contribution in [3.8, 4) is 0 Å². The van der Waals surface area contributed by atoms with E-state index in [0.29, 0.717) is 18.9 Å². The van der Waals surface area contributed by atoms with E-state index in [-0.39, 0.29) is 18.5 Å². The third-order valence-corrected chi connectivity index (χ3v) is 3.76. The minimum atomic E-state index is -0.860. The van der Waals surface area contributed by atoms with Crippen LogP contribution in [0.3, 0.4) is 0 Å². The summed E-state index contributed by atoms with van der Waals surface area (Å²) in [7, 11) is 0. The van der Waals surface area contributed by atoms with Crippen LogP contribution in [0.2, 0.25) is 0 Å². The molecular weight excluding hydrogens is 244 g/mol. The van der Waals surface area contributed by atoms with Gasteiger partial charge in [0.25, 0.3) is 0 Å². The van der Waals surface area contributed by atoms with Gasteiger partial charge in [-0.2, -0.15) is 0 Å². The molecule has 0 aromatic carbocycles. The van der Waals surface area contributed by atoms with Gasteiger partial charge in [-0.3, -0.25) is 4.79 Å². The Labute approximate surface area is 115 Å². The second-order valence-electron chi connectivity index (χ2n) is 5.37. The summed E-state index contributed by atoms with van der Waals surface area (Å²) in [4.78, 5) is 24.7. The summed E-state index contributed by atoms with van der Waals surface area (Å²) in [5.41, 5.74) is 0. The van der Waals surface area contributed by atoms with E-state index in [0.717, 1.165) is 13.0 Å². The van der Waals surface area contributed by atoms with Crippen molar-refractivity contribution in [2.75, 3.05) is 13.1 Å². The normalized spacial score (nSPS) is 16.5. The van der Waals surface area contributed by atoms with Gasteiger partial charge in [-0.05, 0) is 32.1 Å². The van der Waals surface area contributed by atoms with E-state index in [1.165, 1.54) is 19.3 Å². The zero-order valence-corrected chi connectivity index (χ0v) is 12.0. The van der Waals surface area contributed by atoms with E-state index >= 15 is 0 Å². The monoisotopic (exact) mass is 270 g/mol. The van der Waals surface area contributed by atoms with E-state index in [1.54, 1.807) is 4.90 Å². The Morgan fingerprint density at radius 2 is 2.05 bits per heavy atom. The molecule has 0 heterocycles. The molecule has 5 heteroatoms. The van der Waals surface area contributed by atoms with Crippen molar-refractivity contribution in [2.45, 2.75) is 58.4 Å². The van der Waals surface area contributed by atoms with Gasteiger partial charge in [0.2, 0.25) is 0 Å². The maximum Gasteiger partial charge on any atom is 0.317 e. The lowest BCUT2D eigenvalue weighted by molar-refractivity contribution is -0.137. The van der Waals surface area contributed by atoms with E-state index in [9.17, 15) is 9.59 Å². The Hall–Kier alpha value is -1.26. The van der Waals surface area contributed by atoms with Crippen LogP contribution >= 0.6 is 0 Å². The molecule has 0 radical (unpaired) electrons. The van der Waals surface area contributed by atoms with Gasteiger partial charge < -0.3 is 15.3 Å². The number of amides is 2. The summed E-state index contributed by atoms with van der Waals surface area (Å²) in [6, 6.07) is -0.375. The third kappa shape index (κ3) is 5.49. The number of nitrogens with one attached hydrogen (secondary N) is 1. The lowest BCUT2D eigenvalue weighted by atomic mass is 9.85. The number of carbonyl (C=O) groups is 2. The summed E-state index contributed by atoms with van der Waals surface area (Å²) < 4.78 is 0. The highest BCUT2D eigenvalue weighted by molar-refractivity contribution is 5.76. The molecule has 2 amide bonds. The number of aliphatic carboxylic acids is 1. The van der Waals surface area contributed by atoms with Gasteiger partial charge in [0.15, 0.2) is 0 Å². The lowest BCUT2D eigenvalue weighted by Gasteiger charge is -2.32. The molecule has 1 saturated carbocycles. The van der Waals surface area contributed by atoms with Crippen molar-refractivity contribution >= 4 is 12.0 Å². The van der Waals surface area contributed by atoms with Gasteiger partial charge in [0.1, 0.15) is 0 Å². The molecule has 2 N–H and O–H groups in total. The van der Waals surface area contributed by atoms with Crippen LogP contribution in [0.4, 0.5) is 4.79 Å². The number of hydrogen-bond acceptors (Lipinski definition) is 2. The molecule has 0 aromatic heterocycles. The second kappa shape index (κ2) is 8.02. The summed E-state index contributed by atoms with van der Waals surface area (Å²) in [6.07, 6.45) is 5.25. The fraction of sp³-hybridized carbons (Fsp3) is 0.857. The fourth-order valence-electron chi connectivity index (χ4n) is 2.39. The lowest BCUT2D eigenvalue weighted by Crippen LogP contribution is -2.47. The first-order valence-electron chi connectivity index (χ1n) is 7.34. The Kier molecular flexibility index (Phi) is 6.67. The van der Waals surface area contributed by atoms with E-state index in [4.69, 9.17) is 5.11 Å².